The number of benzene rings is 2. The summed E-state index contributed by atoms with van der Waals surface area (Å²) in [6.45, 7) is 9.28. The molecule has 2 aromatic carbocycles. The lowest BCUT2D eigenvalue weighted by Crippen LogP contribution is -2.40. The van der Waals surface area contributed by atoms with E-state index in [2.05, 4.69) is 28.4 Å². The molecule has 2 N–H and O–H groups in total. The molecule has 8 heteroatoms. The maximum atomic E-state index is 13.3. The Bertz CT molecular complexity index is 1130. The van der Waals surface area contributed by atoms with Crippen LogP contribution in [0.3, 0.4) is 0 Å². The molecular formula is C27H37N3O4S. The molecule has 2 heterocycles. The minimum Gasteiger partial charge on any atom is -0.478 e. The van der Waals surface area contributed by atoms with E-state index in [0.29, 0.717) is 17.5 Å². The predicted octanol–water partition coefficient (Wildman–Crippen LogP) is 4.70. The minimum atomic E-state index is -3.87. The van der Waals surface area contributed by atoms with Crippen LogP contribution >= 0.6 is 0 Å². The van der Waals surface area contributed by atoms with E-state index in [1.807, 2.05) is 12.1 Å². The number of sulfonamides is 1. The smallest absolute Gasteiger partial charge is 0.335 e. The highest BCUT2D eigenvalue weighted by Crippen LogP contribution is 2.33. The molecule has 0 bridgehead atoms. The summed E-state index contributed by atoms with van der Waals surface area (Å²) in [6.07, 6.45) is 5.59. The van der Waals surface area contributed by atoms with E-state index in [0.717, 1.165) is 63.2 Å². The van der Waals surface area contributed by atoms with Crippen molar-refractivity contribution in [2.75, 3.05) is 42.3 Å². The lowest BCUT2D eigenvalue weighted by molar-refractivity contribution is 0.0697. The van der Waals surface area contributed by atoms with E-state index in [-0.39, 0.29) is 10.5 Å². The minimum absolute atomic E-state index is 0.0596. The number of hydrogen-bond donors (Lipinski definition) is 2. The van der Waals surface area contributed by atoms with Crippen LogP contribution in [0.25, 0.3) is 0 Å². The molecule has 0 amide bonds. The number of carboxylic acids is 1. The Balaban J connectivity index is 1.57. The zero-order valence-corrected chi connectivity index (χ0v) is 21.6. The standard InChI is InChI=1S/C27H37N3O4S/c1-20(2)16-21-7-10-24(11-8-21)35(33,34)28-25-17-23(27(31)32)9-12-26(25)30-15-5-6-22(19-30)18-29-13-3-4-14-29/h7-12,17,20,22,28H,3-6,13-16,18-19H2,1-2H3,(H,31,32)/t22-/m1/s1. The van der Waals surface area contributed by atoms with Gasteiger partial charge in [-0.05, 0) is 92.9 Å². The molecule has 35 heavy (non-hydrogen) atoms. The van der Waals surface area contributed by atoms with Crippen LogP contribution in [0, 0.1) is 11.8 Å². The van der Waals surface area contributed by atoms with Crippen molar-refractivity contribution in [2.24, 2.45) is 11.8 Å². The second-order valence-corrected chi connectivity index (χ2v) is 12.0. The number of anilines is 2. The zero-order valence-electron chi connectivity index (χ0n) is 20.7. The summed E-state index contributed by atoms with van der Waals surface area (Å²) >= 11 is 0. The van der Waals surface area contributed by atoms with Crippen LogP contribution in [0.5, 0.6) is 0 Å². The maximum Gasteiger partial charge on any atom is 0.335 e. The molecule has 2 aliphatic heterocycles. The summed E-state index contributed by atoms with van der Waals surface area (Å²) in [5.74, 6) is -0.0877. The molecule has 2 saturated heterocycles. The van der Waals surface area contributed by atoms with Gasteiger partial charge < -0.3 is 14.9 Å². The number of likely N-dealkylation sites (tertiary alicyclic amines) is 1. The van der Waals surface area contributed by atoms with Crippen molar-refractivity contribution in [3.8, 4) is 0 Å². The quantitative estimate of drug-likeness (QED) is 0.520. The van der Waals surface area contributed by atoms with Gasteiger partial charge in [0.15, 0.2) is 0 Å². The van der Waals surface area contributed by atoms with Crippen LogP contribution in [-0.2, 0) is 16.4 Å². The summed E-state index contributed by atoms with van der Waals surface area (Å²) in [6, 6.07) is 11.7. The van der Waals surface area contributed by atoms with E-state index in [4.69, 9.17) is 0 Å². The molecular weight excluding hydrogens is 462 g/mol. The van der Waals surface area contributed by atoms with E-state index < -0.39 is 16.0 Å². The summed E-state index contributed by atoms with van der Waals surface area (Å²) in [4.78, 5) is 16.5. The van der Waals surface area contributed by atoms with E-state index >= 15 is 0 Å². The zero-order chi connectivity index (χ0) is 25.0. The number of aromatic carboxylic acids is 1. The molecule has 0 aromatic heterocycles. The van der Waals surface area contributed by atoms with Gasteiger partial charge >= 0.3 is 5.97 Å². The van der Waals surface area contributed by atoms with Gasteiger partial charge in [-0.3, -0.25) is 4.72 Å². The molecule has 2 aromatic rings. The Morgan fingerprint density at radius 2 is 1.77 bits per heavy atom. The lowest BCUT2D eigenvalue weighted by Gasteiger charge is -2.37. The summed E-state index contributed by atoms with van der Waals surface area (Å²) in [5.41, 5.74) is 2.20. The Hall–Kier alpha value is -2.58. The van der Waals surface area contributed by atoms with Crippen molar-refractivity contribution in [3.63, 3.8) is 0 Å². The Kier molecular flexibility index (Phi) is 8.02. The van der Waals surface area contributed by atoms with Crippen molar-refractivity contribution in [1.82, 2.24) is 4.90 Å². The average molecular weight is 500 g/mol. The van der Waals surface area contributed by atoms with Gasteiger partial charge in [-0.25, -0.2) is 13.2 Å². The maximum absolute atomic E-state index is 13.3. The highest BCUT2D eigenvalue weighted by molar-refractivity contribution is 7.92. The van der Waals surface area contributed by atoms with Gasteiger partial charge in [0, 0.05) is 19.6 Å². The topological polar surface area (TPSA) is 89.9 Å². The van der Waals surface area contributed by atoms with Crippen LogP contribution < -0.4 is 9.62 Å². The van der Waals surface area contributed by atoms with E-state index in [1.54, 1.807) is 24.3 Å². The van der Waals surface area contributed by atoms with Crippen molar-refractivity contribution in [3.05, 3.63) is 53.6 Å². The lowest BCUT2D eigenvalue weighted by atomic mass is 9.96. The monoisotopic (exact) mass is 499 g/mol. The highest BCUT2D eigenvalue weighted by Gasteiger charge is 2.26. The number of piperidine rings is 1. The number of carboxylic acid groups (broad SMARTS) is 1. The van der Waals surface area contributed by atoms with Gasteiger partial charge in [-0.1, -0.05) is 26.0 Å². The first kappa shape index (κ1) is 25.5. The fourth-order valence-corrected chi connectivity index (χ4v) is 6.33. The average Bonchev–Trinajstić information content (AvgIpc) is 3.32. The molecule has 0 radical (unpaired) electrons. The largest absolute Gasteiger partial charge is 0.478 e. The van der Waals surface area contributed by atoms with Crippen LogP contribution in [0.1, 0.15) is 55.5 Å². The first-order valence-electron chi connectivity index (χ1n) is 12.7. The molecule has 0 spiro atoms. The number of nitrogens with zero attached hydrogens (tertiary/aromatic N) is 2. The number of carbonyl (C=O) groups is 1. The number of nitrogens with one attached hydrogen (secondary N) is 1. The predicted molar refractivity (Wildman–Crippen MR) is 140 cm³/mol. The summed E-state index contributed by atoms with van der Waals surface area (Å²) in [7, 11) is -3.87. The molecule has 0 aliphatic carbocycles. The third kappa shape index (κ3) is 6.55. The first-order chi connectivity index (χ1) is 16.7. The molecule has 1 atom stereocenters. The van der Waals surface area contributed by atoms with Crippen molar-refractivity contribution < 1.29 is 18.3 Å². The molecule has 0 saturated carbocycles. The second kappa shape index (κ2) is 11.0. The van der Waals surface area contributed by atoms with E-state index in [9.17, 15) is 18.3 Å². The Labute approximate surface area is 209 Å². The SMILES string of the molecule is CC(C)Cc1ccc(S(=O)(=O)Nc2cc(C(=O)O)ccc2N2CCC[C@H](CN3CCCC3)C2)cc1. The van der Waals surface area contributed by atoms with Gasteiger partial charge in [-0.15, -0.1) is 0 Å². The van der Waals surface area contributed by atoms with Gasteiger partial charge in [-0.2, -0.15) is 0 Å². The van der Waals surface area contributed by atoms with Crippen LogP contribution in [0.15, 0.2) is 47.4 Å². The van der Waals surface area contributed by atoms with Gasteiger partial charge in [0.1, 0.15) is 0 Å². The summed E-state index contributed by atoms with van der Waals surface area (Å²) < 4.78 is 29.2. The molecule has 190 valence electrons. The van der Waals surface area contributed by atoms with Gasteiger partial charge in [0.2, 0.25) is 0 Å². The Morgan fingerprint density at radius 3 is 2.43 bits per heavy atom. The molecule has 7 nitrogen and oxygen atoms in total. The first-order valence-corrected chi connectivity index (χ1v) is 14.2. The third-order valence-electron chi connectivity index (χ3n) is 6.94. The highest BCUT2D eigenvalue weighted by atomic mass is 32.2. The fourth-order valence-electron chi connectivity index (χ4n) is 5.27. The van der Waals surface area contributed by atoms with Crippen molar-refractivity contribution in [2.45, 2.75) is 50.8 Å². The van der Waals surface area contributed by atoms with Crippen molar-refractivity contribution >= 4 is 27.4 Å². The molecule has 2 aliphatic rings. The van der Waals surface area contributed by atoms with E-state index in [1.165, 1.54) is 18.9 Å². The van der Waals surface area contributed by atoms with Crippen LogP contribution in [-0.4, -0.2) is 57.1 Å². The summed E-state index contributed by atoms with van der Waals surface area (Å²) in [5, 5.41) is 9.53. The molecule has 0 unspecified atom stereocenters. The van der Waals surface area contributed by atoms with Crippen LogP contribution in [0.2, 0.25) is 0 Å². The molecule has 2 fully saturated rings. The second-order valence-electron chi connectivity index (χ2n) is 10.3. The number of hydrogen-bond acceptors (Lipinski definition) is 5. The third-order valence-corrected chi connectivity index (χ3v) is 8.32. The number of rotatable bonds is 9. The Morgan fingerprint density at radius 1 is 1.06 bits per heavy atom. The fraction of sp³-hybridized carbons (Fsp3) is 0.519. The molecule has 4 rings (SSSR count). The van der Waals surface area contributed by atoms with Crippen LogP contribution in [0.4, 0.5) is 11.4 Å². The van der Waals surface area contributed by atoms with Gasteiger partial charge in [0.05, 0.1) is 21.8 Å². The van der Waals surface area contributed by atoms with Crippen molar-refractivity contribution in [1.29, 1.82) is 0 Å². The van der Waals surface area contributed by atoms with Gasteiger partial charge in [0.25, 0.3) is 10.0 Å². The normalized spacial score (nSPS) is 19.3.